The van der Waals surface area contributed by atoms with E-state index in [1.165, 1.54) is 6.92 Å². The van der Waals surface area contributed by atoms with Crippen LogP contribution in [-0.2, 0) is 14.8 Å². The third-order valence-corrected chi connectivity index (χ3v) is 6.01. The molecule has 1 heterocycles. The number of piperidine rings is 1. The van der Waals surface area contributed by atoms with Gasteiger partial charge in [0.15, 0.2) is 4.90 Å². The lowest BCUT2D eigenvalue weighted by atomic mass is 9.92. The van der Waals surface area contributed by atoms with Crippen LogP contribution < -0.4 is 0 Å². The number of carboxylic acid groups (broad SMARTS) is 1. The van der Waals surface area contributed by atoms with E-state index in [0.29, 0.717) is 6.42 Å². The van der Waals surface area contributed by atoms with Crippen molar-refractivity contribution in [2.75, 3.05) is 6.54 Å². The number of carbonyl (C=O) groups is 1. The lowest BCUT2D eigenvalue weighted by molar-refractivity contribution is -0.388. The minimum absolute atomic E-state index is 0.0151. The fraction of sp³-hybridized carbons (Fsp3) is 0.462. The molecule has 0 aromatic heterocycles. The van der Waals surface area contributed by atoms with Crippen LogP contribution in [0.15, 0.2) is 23.1 Å². The van der Waals surface area contributed by atoms with Crippen LogP contribution in [0.25, 0.3) is 0 Å². The molecule has 23 heavy (non-hydrogen) atoms. The summed E-state index contributed by atoms with van der Waals surface area (Å²) < 4.78 is 40.3. The van der Waals surface area contributed by atoms with Crippen molar-refractivity contribution in [2.45, 2.75) is 30.7 Å². The van der Waals surface area contributed by atoms with Crippen LogP contribution in [0.2, 0.25) is 0 Å². The van der Waals surface area contributed by atoms with Gasteiger partial charge in [-0.1, -0.05) is 6.07 Å². The summed E-state index contributed by atoms with van der Waals surface area (Å²) in [5, 5.41) is 20.2. The molecule has 1 aliphatic rings. The van der Waals surface area contributed by atoms with Crippen molar-refractivity contribution in [1.29, 1.82) is 0 Å². The lowest BCUT2D eigenvalue weighted by Crippen LogP contribution is -2.49. The summed E-state index contributed by atoms with van der Waals surface area (Å²) in [6, 6.07) is 1.85. The van der Waals surface area contributed by atoms with Crippen molar-refractivity contribution in [3.63, 3.8) is 0 Å². The van der Waals surface area contributed by atoms with Crippen LogP contribution in [-0.4, -0.2) is 41.3 Å². The third kappa shape index (κ3) is 3.04. The summed E-state index contributed by atoms with van der Waals surface area (Å²) in [7, 11) is -4.53. The van der Waals surface area contributed by atoms with Crippen LogP contribution in [0.3, 0.4) is 0 Å². The van der Waals surface area contributed by atoms with E-state index in [9.17, 15) is 27.7 Å². The van der Waals surface area contributed by atoms with Gasteiger partial charge in [-0.25, -0.2) is 12.8 Å². The summed E-state index contributed by atoms with van der Waals surface area (Å²) in [5.41, 5.74) is -0.866. The van der Waals surface area contributed by atoms with Crippen molar-refractivity contribution >= 4 is 21.7 Å². The second-order valence-electron chi connectivity index (χ2n) is 5.29. The number of halogens is 1. The molecule has 0 radical (unpaired) electrons. The second kappa shape index (κ2) is 6.20. The maximum absolute atomic E-state index is 14.0. The van der Waals surface area contributed by atoms with Gasteiger partial charge in [-0.3, -0.25) is 14.9 Å². The normalized spacial score (nSPS) is 22.7. The second-order valence-corrected chi connectivity index (χ2v) is 7.12. The molecular weight excluding hydrogens is 331 g/mol. The molecule has 0 bridgehead atoms. The van der Waals surface area contributed by atoms with Gasteiger partial charge in [-0.15, -0.1) is 0 Å². The molecule has 8 nitrogen and oxygen atoms in total. The summed E-state index contributed by atoms with van der Waals surface area (Å²) >= 11 is 0. The number of rotatable bonds is 4. The fourth-order valence-corrected chi connectivity index (χ4v) is 4.71. The molecule has 0 unspecified atom stereocenters. The molecule has 0 spiro atoms. The summed E-state index contributed by atoms with van der Waals surface area (Å²) in [6.45, 7) is 1.39. The predicted octanol–water partition coefficient (Wildman–Crippen LogP) is 1.61. The Balaban J connectivity index is 2.55. The number of benzene rings is 1. The first-order valence-corrected chi connectivity index (χ1v) is 8.29. The van der Waals surface area contributed by atoms with E-state index in [0.717, 1.165) is 22.5 Å². The van der Waals surface area contributed by atoms with Gasteiger partial charge in [0.25, 0.3) is 15.7 Å². The number of sulfonamides is 1. The highest BCUT2D eigenvalue weighted by Crippen LogP contribution is 2.34. The van der Waals surface area contributed by atoms with Crippen molar-refractivity contribution in [2.24, 2.45) is 5.92 Å². The van der Waals surface area contributed by atoms with E-state index in [1.807, 2.05) is 0 Å². The fourth-order valence-electron chi connectivity index (χ4n) is 2.80. The standard InChI is InChI=1S/C13H15FN2O6S/c1-8-9(13(17)18)4-3-7-15(8)23(21,22)12-10(14)5-2-6-11(12)16(19)20/h2,5-6,8-9H,3-4,7H2,1H3,(H,17,18)/t8-,9-/m1/s1. The van der Waals surface area contributed by atoms with Gasteiger partial charge < -0.3 is 5.11 Å². The lowest BCUT2D eigenvalue weighted by Gasteiger charge is -2.36. The van der Waals surface area contributed by atoms with E-state index in [1.54, 1.807) is 0 Å². The zero-order chi connectivity index (χ0) is 17.4. The molecule has 126 valence electrons. The molecule has 1 aromatic carbocycles. The Morgan fingerprint density at radius 1 is 1.48 bits per heavy atom. The Bertz CT molecular complexity index is 751. The van der Waals surface area contributed by atoms with Crippen LogP contribution >= 0.6 is 0 Å². The summed E-state index contributed by atoms with van der Waals surface area (Å²) in [6.07, 6.45) is 0.574. The number of hydrogen-bond acceptors (Lipinski definition) is 5. The largest absolute Gasteiger partial charge is 0.481 e. The average molecular weight is 346 g/mol. The maximum Gasteiger partial charge on any atom is 0.308 e. The molecule has 1 fully saturated rings. The highest BCUT2D eigenvalue weighted by molar-refractivity contribution is 7.89. The van der Waals surface area contributed by atoms with Crippen molar-refractivity contribution < 1.29 is 27.6 Å². The zero-order valence-corrected chi connectivity index (χ0v) is 13.0. The summed E-state index contributed by atoms with van der Waals surface area (Å²) in [4.78, 5) is 20.2. The Hall–Kier alpha value is -2.07. The molecule has 0 amide bonds. The number of hydrogen-bond donors (Lipinski definition) is 1. The van der Waals surface area contributed by atoms with Crippen molar-refractivity contribution in [3.8, 4) is 0 Å². The van der Waals surface area contributed by atoms with Crippen molar-refractivity contribution in [1.82, 2.24) is 4.31 Å². The maximum atomic E-state index is 14.0. The number of carboxylic acids is 1. The smallest absolute Gasteiger partial charge is 0.308 e. The number of nitro benzene ring substituents is 1. The molecule has 10 heteroatoms. The van der Waals surface area contributed by atoms with E-state index in [2.05, 4.69) is 0 Å². The Kier molecular flexibility index (Phi) is 4.66. The van der Waals surface area contributed by atoms with Gasteiger partial charge in [0.1, 0.15) is 5.82 Å². The van der Waals surface area contributed by atoms with Gasteiger partial charge in [0, 0.05) is 18.7 Å². The van der Waals surface area contributed by atoms with Crippen LogP contribution in [0, 0.1) is 21.8 Å². The van der Waals surface area contributed by atoms with Crippen LogP contribution in [0.5, 0.6) is 0 Å². The SMILES string of the molecule is C[C@@H]1[C@H](C(=O)O)CCCN1S(=O)(=O)c1c(F)cccc1[N+](=O)[O-]. The number of nitro groups is 1. The van der Waals surface area contributed by atoms with Crippen LogP contribution in [0.1, 0.15) is 19.8 Å². The van der Waals surface area contributed by atoms with Gasteiger partial charge in [-0.2, -0.15) is 4.31 Å². The molecule has 1 aromatic rings. The molecule has 2 rings (SSSR count). The quantitative estimate of drug-likeness (QED) is 0.653. The molecular formula is C13H15FN2O6S. The third-order valence-electron chi connectivity index (χ3n) is 3.96. The van der Waals surface area contributed by atoms with E-state index < -0.39 is 49.3 Å². The molecule has 1 N–H and O–H groups in total. The van der Waals surface area contributed by atoms with E-state index >= 15 is 0 Å². The van der Waals surface area contributed by atoms with Crippen LogP contribution in [0.4, 0.5) is 10.1 Å². The minimum atomic E-state index is -4.53. The molecule has 2 atom stereocenters. The first-order valence-electron chi connectivity index (χ1n) is 6.85. The number of aliphatic carboxylic acids is 1. The van der Waals surface area contributed by atoms with Gasteiger partial charge in [0.2, 0.25) is 0 Å². The van der Waals surface area contributed by atoms with E-state index in [4.69, 9.17) is 5.11 Å². The number of nitrogens with zero attached hydrogens (tertiary/aromatic N) is 2. The predicted molar refractivity (Wildman–Crippen MR) is 76.8 cm³/mol. The minimum Gasteiger partial charge on any atom is -0.481 e. The zero-order valence-electron chi connectivity index (χ0n) is 12.2. The van der Waals surface area contributed by atoms with Crippen molar-refractivity contribution in [3.05, 3.63) is 34.1 Å². The highest BCUT2D eigenvalue weighted by Gasteiger charge is 2.43. The van der Waals surface area contributed by atoms with E-state index in [-0.39, 0.29) is 13.0 Å². The van der Waals surface area contributed by atoms with Gasteiger partial charge in [-0.05, 0) is 25.8 Å². The van der Waals surface area contributed by atoms with Gasteiger partial charge in [0.05, 0.1) is 10.8 Å². The Labute approximate surface area is 131 Å². The highest BCUT2D eigenvalue weighted by atomic mass is 32.2. The average Bonchev–Trinajstić information content (AvgIpc) is 2.46. The molecule has 1 aliphatic heterocycles. The Morgan fingerprint density at radius 3 is 2.70 bits per heavy atom. The molecule has 1 saturated heterocycles. The summed E-state index contributed by atoms with van der Waals surface area (Å²) in [5.74, 6) is -3.33. The topological polar surface area (TPSA) is 118 Å². The molecule has 0 aliphatic carbocycles. The van der Waals surface area contributed by atoms with Gasteiger partial charge >= 0.3 is 5.97 Å². The monoisotopic (exact) mass is 346 g/mol. The first-order chi connectivity index (χ1) is 10.7. The molecule has 0 saturated carbocycles. The first kappa shape index (κ1) is 17.3. The Morgan fingerprint density at radius 2 is 2.13 bits per heavy atom.